The number of thiophene rings is 1. The van der Waals surface area contributed by atoms with Crippen molar-refractivity contribution in [3.8, 4) is 16.9 Å². The van der Waals surface area contributed by atoms with E-state index in [4.69, 9.17) is 27.9 Å². The lowest BCUT2D eigenvalue weighted by Crippen LogP contribution is -2.34. The summed E-state index contributed by atoms with van der Waals surface area (Å²) in [4.78, 5) is 30.7. The van der Waals surface area contributed by atoms with Gasteiger partial charge in [0.15, 0.2) is 0 Å². The lowest BCUT2D eigenvalue weighted by Gasteiger charge is -2.25. The van der Waals surface area contributed by atoms with Crippen molar-refractivity contribution in [2.75, 3.05) is 23.7 Å². The highest BCUT2D eigenvalue weighted by Crippen LogP contribution is 2.32. The average molecular weight is 604 g/mol. The molecule has 3 N–H and O–H groups in total. The zero-order valence-electron chi connectivity index (χ0n) is 20.6. The Morgan fingerprint density at radius 3 is 2.38 bits per heavy atom. The predicted octanol–water partition coefficient (Wildman–Crippen LogP) is 7.17. The fraction of sp³-hybridized carbons (Fsp3) is 0.179. The van der Waals surface area contributed by atoms with E-state index < -0.39 is 11.8 Å². The summed E-state index contributed by atoms with van der Waals surface area (Å²) in [5.41, 5.74) is 2.90. The number of piperidine rings is 1. The Balaban J connectivity index is 0.00000353. The first kappa shape index (κ1) is 28.9. The number of ether oxygens (including phenoxy) is 1. The van der Waals surface area contributed by atoms with Crippen LogP contribution in [0.1, 0.15) is 33.6 Å². The first-order valence-corrected chi connectivity index (χ1v) is 13.7. The summed E-state index contributed by atoms with van der Waals surface area (Å²) < 4.78 is 6.35. The molecule has 202 valence electrons. The summed E-state index contributed by atoms with van der Waals surface area (Å²) in [7, 11) is 0. The minimum absolute atomic E-state index is 0. The molecule has 1 saturated heterocycles. The lowest BCUT2D eigenvalue weighted by atomic mass is 10.0. The van der Waals surface area contributed by atoms with E-state index in [1.54, 1.807) is 41.7 Å². The van der Waals surface area contributed by atoms with Crippen LogP contribution < -0.4 is 20.7 Å². The molecule has 1 aliphatic rings. The van der Waals surface area contributed by atoms with E-state index in [9.17, 15) is 9.59 Å². The van der Waals surface area contributed by atoms with Gasteiger partial charge in [-0.05, 0) is 96.3 Å². The maximum Gasteiger partial charge on any atom is 0.259 e. The number of pyridine rings is 1. The summed E-state index contributed by atoms with van der Waals surface area (Å²) in [6.45, 7) is 1.73. The van der Waals surface area contributed by atoms with Crippen molar-refractivity contribution >= 4 is 70.3 Å². The van der Waals surface area contributed by atoms with Gasteiger partial charge >= 0.3 is 0 Å². The second-order valence-corrected chi connectivity index (χ2v) is 10.4. The van der Waals surface area contributed by atoms with Crippen molar-refractivity contribution in [1.82, 2.24) is 10.3 Å². The highest BCUT2D eigenvalue weighted by Gasteiger charge is 2.22. The zero-order valence-corrected chi connectivity index (χ0v) is 23.7. The second-order valence-electron chi connectivity index (χ2n) is 8.75. The van der Waals surface area contributed by atoms with Crippen LogP contribution in [0.15, 0.2) is 71.6 Å². The third-order valence-electron chi connectivity index (χ3n) is 6.10. The van der Waals surface area contributed by atoms with Crippen LogP contribution in [0.2, 0.25) is 10.0 Å². The van der Waals surface area contributed by atoms with Crippen LogP contribution in [0.5, 0.6) is 5.75 Å². The number of halogens is 3. The smallest absolute Gasteiger partial charge is 0.259 e. The van der Waals surface area contributed by atoms with E-state index >= 15 is 0 Å². The molecule has 2 aromatic heterocycles. The molecule has 3 heterocycles. The summed E-state index contributed by atoms with van der Waals surface area (Å²) in [6, 6.07) is 15.5. The maximum atomic E-state index is 13.5. The molecule has 39 heavy (non-hydrogen) atoms. The number of amides is 2. The maximum absolute atomic E-state index is 13.5. The fourth-order valence-corrected chi connectivity index (χ4v) is 5.09. The topological polar surface area (TPSA) is 92.4 Å². The SMILES string of the molecule is Cl.O=C(Nc1ccc(Cl)cn1)c1cc(Cl)ccc1NC(=O)c1ccc(-c2ccsc2)cc1OC1CCNCC1. The van der Waals surface area contributed by atoms with Crippen molar-refractivity contribution in [3.05, 3.63) is 92.7 Å². The van der Waals surface area contributed by atoms with Crippen LogP contribution in [0.4, 0.5) is 11.5 Å². The van der Waals surface area contributed by atoms with Crippen molar-refractivity contribution < 1.29 is 14.3 Å². The van der Waals surface area contributed by atoms with Crippen LogP contribution in [0, 0.1) is 0 Å². The van der Waals surface area contributed by atoms with Gasteiger partial charge in [0.25, 0.3) is 11.8 Å². The molecule has 2 aromatic carbocycles. The van der Waals surface area contributed by atoms with Gasteiger partial charge in [-0.25, -0.2) is 4.98 Å². The second kappa shape index (κ2) is 13.3. The number of hydrogen-bond acceptors (Lipinski definition) is 6. The van der Waals surface area contributed by atoms with Gasteiger partial charge in [0.2, 0.25) is 0 Å². The molecule has 5 rings (SSSR count). The third kappa shape index (κ3) is 7.29. The first-order chi connectivity index (χ1) is 18.5. The highest BCUT2D eigenvalue weighted by atomic mass is 35.5. The standard InChI is InChI=1S/C28H24Cl2N4O3S.ClH/c29-19-2-5-24(23(14-19)28(36)34-26-6-3-20(30)15-32-26)33-27(35)22-4-1-17(18-9-12-38-16-18)13-25(22)37-21-7-10-31-11-8-21;/h1-6,9,12-16,21,31H,7-8,10-11H2,(H,33,35)(H,32,34,36);1H. The van der Waals surface area contributed by atoms with Gasteiger partial charge in [-0.2, -0.15) is 11.3 Å². The average Bonchev–Trinajstić information content (AvgIpc) is 3.47. The van der Waals surface area contributed by atoms with Gasteiger partial charge in [-0.3, -0.25) is 9.59 Å². The van der Waals surface area contributed by atoms with Crippen molar-refractivity contribution in [1.29, 1.82) is 0 Å². The number of aromatic nitrogens is 1. The number of rotatable bonds is 7. The van der Waals surface area contributed by atoms with Crippen molar-refractivity contribution in [3.63, 3.8) is 0 Å². The zero-order chi connectivity index (χ0) is 26.5. The molecule has 0 spiro atoms. The summed E-state index contributed by atoms with van der Waals surface area (Å²) >= 11 is 13.7. The molecule has 1 aliphatic heterocycles. The Kier molecular flexibility index (Phi) is 9.83. The molecule has 0 radical (unpaired) electrons. The van der Waals surface area contributed by atoms with Crippen LogP contribution in [-0.4, -0.2) is 36.0 Å². The van der Waals surface area contributed by atoms with E-state index in [-0.39, 0.29) is 24.1 Å². The van der Waals surface area contributed by atoms with Crippen LogP contribution in [0.3, 0.4) is 0 Å². The third-order valence-corrected chi connectivity index (χ3v) is 7.25. The van der Waals surface area contributed by atoms with Gasteiger partial charge in [0.1, 0.15) is 17.7 Å². The lowest BCUT2D eigenvalue weighted by molar-refractivity contribution is 0.101. The van der Waals surface area contributed by atoms with Gasteiger partial charge in [-0.15, -0.1) is 12.4 Å². The van der Waals surface area contributed by atoms with Crippen LogP contribution in [0.25, 0.3) is 11.1 Å². The number of hydrogen-bond donors (Lipinski definition) is 3. The largest absolute Gasteiger partial charge is 0.489 e. The molecule has 0 bridgehead atoms. The van der Waals surface area contributed by atoms with E-state index in [0.29, 0.717) is 32.9 Å². The van der Waals surface area contributed by atoms with E-state index in [1.165, 1.54) is 12.3 Å². The van der Waals surface area contributed by atoms with E-state index in [1.807, 2.05) is 23.6 Å². The van der Waals surface area contributed by atoms with Crippen LogP contribution in [-0.2, 0) is 0 Å². The minimum Gasteiger partial charge on any atom is -0.489 e. The highest BCUT2D eigenvalue weighted by molar-refractivity contribution is 7.08. The van der Waals surface area contributed by atoms with Gasteiger partial charge in [-0.1, -0.05) is 29.3 Å². The Morgan fingerprint density at radius 1 is 0.897 bits per heavy atom. The molecule has 1 fully saturated rings. The van der Waals surface area contributed by atoms with Gasteiger partial charge < -0.3 is 20.7 Å². The summed E-state index contributed by atoms with van der Waals surface area (Å²) in [5, 5.41) is 13.8. The normalized spacial score (nSPS) is 13.3. The van der Waals surface area contributed by atoms with E-state index in [0.717, 1.165) is 37.1 Å². The Hall–Kier alpha value is -3.14. The number of benzene rings is 2. The van der Waals surface area contributed by atoms with Crippen molar-refractivity contribution in [2.45, 2.75) is 18.9 Å². The summed E-state index contributed by atoms with van der Waals surface area (Å²) in [6.07, 6.45) is 3.14. The number of carbonyl (C=O) groups excluding carboxylic acids is 2. The summed E-state index contributed by atoms with van der Waals surface area (Å²) in [5.74, 6) is -0.0508. The Labute approximate surface area is 246 Å². The molecular formula is C28H25Cl3N4O3S. The van der Waals surface area contributed by atoms with Crippen molar-refractivity contribution in [2.24, 2.45) is 0 Å². The van der Waals surface area contributed by atoms with E-state index in [2.05, 4.69) is 26.3 Å². The molecule has 2 amide bonds. The molecule has 0 aliphatic carbocycles. The predicted molar refractivity (Wildman–Crippen MR) is 160 cm³/mol. The molecule has 4 aromatic rings. The number of carbonyl (C=O) groups is 2. The van der Waals surface area contributed by atoms with Gasteiger partial charge in [0, 0.05) is 11.2 Å². The molecule has 0 saturated carbocycles. The minimum atomic E-state index is -0.475. The fourth-order valence-electron chi connectivity index (χ4n) is 4.14. The first-order valence-electron chi connectivity index (χ1n) is 12.0. The Morgan fingerprint density at radius 2 is 1.67 bits per heavy atom. The molecular weight excluding hydrogens is 579 g/mol. The number of anilines is 2. The molecule has 0 atom stereocenters. The number of nitrogens with zero attached hydrogens (tertiary/aromatic N) is 1. The van der Waals surface area contributed by atoms with Crippen LogP contribution >= 0.6 is 46.9 Å². The molecule has 0 unspecified atom stereocenters. The monoisotopic (exact) mass is 602 g/mol. The number of nitrogens with one attached hydrogen (secondary N) is 3. The van der Waals surface area contributed by atoms with Gasteiger partial charge in [0.05, 0.1) is 21.8 Å². The molecule has 7 nitrogen and oxygen atoms in total. The molecule has 11 heteroatoms. The quantitative estimate of drug-likeness (QED) is 0.208. The Bertz CT molecular complexity index is 1440.